The Hall–Kier alpha value is -0.160. The van der Waals surface area contributed by atoms with Crippen molar-refractivity contribution in [3.8, 4) is 0 Å². The molecule has 2 bridgehead atoms. The van der Waals surface area contributed by atoms with Gasteiger partial charge in [0.05, 0.1) is 0 Å². The number of rotatable bonds is 1. The lowest BCUT2D eigenvalue weighted by Crippen LogP contribution is -2.48. The predicted octanol–water partition coefficient (Wildman–Crippen LogP) is 0.689. The monoisotopic (exact) mass is 236 g/mol. The molecule has 0 amide bonds. The van der Waals surface area contributed by atoms with Crippen LogP contribution in [0.5, 0.6) is 0 Å². The highest BCUT2D eigenvalue weighted by atomic mass is 15.5. The molecule has 0 radical (unpaired) electrons. The Balaban J connectivity index is 1.48. The second-order valence-electron chi connectivity index (χ2n) is 6.87. The molecule has 4 unspecified atom stereocenters. The van der Waals surface area contributed by atoms with Crippen molar-refractivity contribution >= 4 is 0 Å². The summed E-state index contributed by atoms with van der Waals surface area (Å²) in [6, 6.07) is 1.41. The predicted molar refractivity (Wildman–Crippen MR) is 66.5 cm³/mol. The van der Waals surface area contributed by atoms with Gasteiger partial charge in [0, 0.05) is 25.2 Å². The maximum atomic E-state index is 6.32. The minimum Gasteiger partial charge on any atom is -0.269 e. The molecule has 4 fully saturated rings. The average molecular weight is 236 g/mol. The fourth-order valence-corrected chi connectivity index (χ4v) is 5.00. The first kappa shape index (κ1) is 10.7. The summed E-state index contributed by atoms with van der Waals surface area (Å²) in [6.45, 7) is 2.17. The highest BCUT2D eigenvalue weighted by molar-refractivity contribution is 5.14. The molecule has 2 heterocycles. The third-order valence-electron chi connectivity index (χ3n) is 6.15. The molecule has 4 rings (SSSR count). The summed E-state index contributed by atoms with van der Waals surface area (Å²) in [7, 11) is 0. The van der Waals surface area contributed by atoms with Crippen LogP contribution in [0.1, 0.15) is 38.5 Å². The molecule has 2 saturated heterocycles. The standard InChI is InChI=1S/C13H24N4/c14-16-5-3-13(4-6-16)8-11(13)12-9-1-2-10(7-9)17(12)15/h9-12H,1-8,14-15H2. The van der Waals surface area contributed by atoms with Crippen molar-refractivity contribution in [1.82, 2.24) is 10.0 Å². The van der Waals surface area contributed by atoms with Gasteiger partial charge in [-0.1, -0.05) is 0 Å². The first-order chi connectivity index (χ1) is 8.20. The molecule has 2 aliphatic carbocycles. The van der Waals surface area contributed by atoms with E-state index < -0.39 is 0 Å². The Morgan fingerprint density at radius 2 is 1.82 bits per heavy atom. The largest absolute Gasteiger partial charge is 0.269 e. The lowest BCUT2D eigenvalue weighted by molar-refractivity contribution is 0.0910. The number of nitrogens with zero attached hydrogens (tertiary/aromatic N) is 2. The maximum Gasteiger partial charge on any atom is 0.0306 e. The first-order valence-corrected chi connectivity index (χ1v) is 7.22. The third-order valence-corrected chi connectivity index (χ3v) is 6.15. The third kappa shape index (κ3) is 1.44. The summed E-state index contributed by atoms with van der Waals surface area (Å²) in [5, 5.41) is 4.23. The van der Waals surface area contributed by atoms with Gasteiger partial charge in [-0.2, -0.15) is 0 Å². The molecule has 4 aliphatic rings. The van der Waals surface area contributed by atoms with Crippen LogP contribution in [0.15, 0.2) is 0 Å². The molecule has 17 heavy (non-hydrogen) atoms. The van der Waals surface area contributed by atoms with Crippen molar-refractivity contribution in [3.05, 3.63) is 0 Å². The van der Waals surface area contributed by atoms with Crippen molar-refractivity contribution in [2.75, 3.05) is 13.1 Å². The van der Waals surface area contributed by atoms with Crippen LogP contribution in [-0.2, 0) is 0 Å². The lowest BCUT2D eigenvalue weighted by Gasteiger charge is -2.36. The van der Waals surface area contributed by atoms with Crippen LogP contribution in [0.3, 0.4) is 0 Å². The Kier molecular flexibility index (Phi) is 2.17. The van der Waals surface area contributed by atoms with Crippen LogP contribution in [-0.4, -0.2) is 35.2 Å². The van der Waals surface area contributed by atoms with E-state index in [2.05, 4.69) is 5.01 Å². The fraction of sp³-hybridized carbons (Fsp3) is 1.00. The van der Waals surface area contributed by atoms with Crippen LogP contribution in [0.25, 0.3) is 0 Å². The Labute approximate surface area is 103 Å². The van der Waals surface area contributed by atoms with Gasteiger partial charge in [-0.25, -0.2) is 10.0 Å². The van der Waals surface area contributed by atoms with E-state index in [1.807, 2.05) is 5.01 Å². The van der Waals surface area contributed by atoms with Gasteiger partial charge in [0.2, 0.25) is 0 Å². The zero-order valence-electron chi connectivity index (χ0n) is 10.5. The molecule has 4 N–H and O–H groups in total. The van der Waals surface area contributed by atoms with E-state index in [4.69, 9.17) is 11.7 Å². The molecule has 4 nitrogen and oxygen atoms in total. The second-order valence-corrected chi connectivity index (χ2v) is 6.87. The molecular formula is C13H24N4. The van der Waals surface area contributed by atoms with E-state index in [0.717, 1.165) is 24.9 Å². The van der Waals surface area contributed by atoms with E-state index >= 15 is 0 Å². The summed E-state index contributed by atoms with van der Waals surface area (Å²) in [6.07, 6.45) is 8.16. The molecule has 1 spiro atoms. The molecular weight excluding hydrogens is 212 g/mol. The molecule has 0 aromatic heterocycles. The van der Waals surface area contributed by atoms with Gasteiger partial charge in [-0.15, -0.1) is 0 Å². The molecule has 96 valence electrons. The summed E-state index contributed by atoms with van der Waals surface area (Å²) < 4.78 is 0. The number of hydrogen-bond acceptors (Lipinski definition) is 4. The van der Waals surface area contributed by atoms with E-state index in [0.29, 0.717) is 17.5 Å². The molecule has 4 atom stereocenters. The number of piperidine rings is 2. The molecule has 0 aromatic carbocycles. The Bertz CT molecular complexity index is 321. The van der Waals surface area contributed by atoms with E-state index in [1.165, 1.54) is 38.5 Å². The van der Waals surface area contributed by atoms with Gasteiger partial charge < -0.3 is 0 Å². The van der Waals surface area contributed by atoms with Crippen molar-refractivity contribution in [2.45, 2.75) is 50.6 Å². The number of fused-ring (bicyclic) bond motifs is 2. The van der Waals surface area contributed by atoms with Gasteiger partial charge in [0.1, 0.15) is 0 Å². The van der Waals surface area contributed by atoms with Crippen LogP contribution in [0.2, 0.25) is 0 Å². The number of hydrazine groups is 2. The zero-order valence-corrected chi connectivity index (χ0v) is 10.5. The van der Waals surface area contributed by atoms with Crippen LogP contribution in [0, 0.1) is 17.3 Å². The van der Waals surface area contributed by atoms with Crippen LogP contribution >= 0.6 is 0 Å². The highest BCUT2D eigenvalue weighted by Crippen LogP contribution is 2.64. The van der Waals surface area contributed by atoms with Gasteiger partial charge in [0.25, 0.3) is 0 Å². The van der Waals surface area contributed by atoms with Gasteiger partial charge in [0.15, 0.2) is 0 Å². The quantitative estimate of drug-likeness (QED) is 0.658. The normalized spacial score (nSPS) is 49.1. The van der Waals surface area contributed by atoms with Crippen molar-refractivity contribution < 1.29 is 0 Å². The SMILES string of the molecule is NN1CCC2(CC1)CC2C1C2CCC(C2)N1N. The van der Waals surface area contributed by atoms with Gasteiger partial charge in [-0.3, -0.25) is 11.7 Å². The zero-order chi connectivity index (χ0) is 11.6. The number of hydrogen-bond donors (Lipinski definition) is 2. The van der Waals surface area contributed by atoms with Crippen LogP contribution in [0.4, 0.5) is 0 Å². The Morgan fingerprint density at radius 3 is 2.47 bits per heavy atom. The lowest BCUT2D eigenvalue weighted by atomic mass is 9.85. The minimum atomic E-state index is 0.628. The van der Waals surface area contributed by atoms with Crippen molar-refractivity contribution in [2.24, 2.45) is 28.9 Å². The molecule has 2 saturated carbocycles. The van der Waals surface area contributed by atoms with Crippen molar-refractivity contribution in [1.29, 1.82) is 0 Å². The second kappa shape index (κ2) is 3.44. The van der Waals surface area contributed by atoms with Crippen LogP contribution < -0.4 is 11.7 Å². The van der Waals surface area contributed by atoms with Gasteiger partial charge in [-0.05, 0) is 55.8 Å². The maximum absolute atomic E-state index is 6.32. The molecule has 4 heteroatoms. The van der Waals surface area contributed by atoms with Gasteiger partial charge >= 0.3 is 0 Å². The molecule has 2 aliphatic heterocycles. The Morgan fingerprint density at radius 1 is 1.06 bits per heavy atom. The van der Waals surface area contributed by atoms with E-state index in [1.54, 1.807) is 0 Å². The summed E-state index contributed by atoms with van der Waals surface area (Å²) in [4.78, 5) is 0. The number of nitrogens with two attached hydrogens (primary N) is 2. The summed E-state index contributed by atoms with van der Waals surface area (Å²) in [5.41, 5.74) is 0.628. The highest BCUT2D eigenvalue weighted by Gasteiger charge is 2.62. The summed E-state index contributed by atoms with van der Waals surface area (Å²) >= 11 is 0. The minimum absolute atomic E-state index is 0.628. The first-order valence-electron chi connectivity index (χ1n) is 7.22. The fourth-order valence-electron chi connectivity index (χ4n) is 5.00. The summed E-state index contributed by atoms with van der Waals surface area (Å²) in [5.74, 6) is 14.0. The van der Waals surface area contributed by atoms with E-state index in [-0.39, 0.29) is 0 Å². The molecule has 0 aromatic rings. The van der Waals surface area contributed by atoms with E-state index in [9.17, 15) is 0 Å². The smallest absolute Gasteiger partial charge is 0.0306 e. The average Bonchev–Trinajstić information content (AvgIpc) is 2.71. The van der Waals surface area contributed by atoms with Crippen molar-refractivity contribution in [3.63, 3.8) is 0 Å². The topological polar surface area (TPSA) is 58.5 Å².